The largest absolute Gasteiger partial charge is 0.543 e. The van der Waals surface area contributed by atoms with E-state index < -0.39 is 14.3 Å². The smallest absolute Gasteiger partial charge is 0.373 e. The van der Waals surface area contributed by atoms with Gasteiger partial charge in [-0.3, -0.25) is 0 Å². The summed E-state index contributed by atoms with van der Waals surface area (Å²) in [5.74, 6) is 1.41. The molecule has 0 spiro atoms. The molecule has 1 heterocycles. The van der Waals surface area contributed by atoms with Crippen molar-refractivity contribution in [3.8, 4) is 17.1 Å². The van der Waals surface area contributed by atoms with E-state index in [9.17, 15) is 4.79 Å². The first kappa shape index (κ1) is 27.8. The molecule has 1 aromatic heterocycles. The molecule has 194 valence electrons. The molecule has 5 heteroatoms. The summed E-state index contributed by atoms with van der Waals surface area (Å²) in [6.45, 7) is 20.2. The second-order valence-corrected chi connectivity index (χ2v) is 16.0. The number of carbonyl (C=O) groups is 1. The first-order valence-corrected chi connectivity index (χ1v) is 15.8. The Morgan fingerprint density at radius 2 is 1.47 bits per heavy atom. The van der Waals surface area contributed by atoms with Crippen LogP contribution in [0.1, 0.15) is 80.3 Å². The van der Waals surface area contributed by atoms with Gasteiger partial charge < -0.3 is 13.6 Å². The molecule has 4 nitrogen and oxygen atoms in total. The van der Waals surface area contributed by atoms with E-state index in [0.717, 1.165) is 29.7 Å². The molecule has 0 unspecified atom stereocenters. The number of ether oxygens (including phenoxy) is 1. The number of hydrogen-bond donors (Lipinski definition) is 0. The number of rotatable bonds is 8. The minimum Gasteiger partial charge on any atom is -0.543 e. The van der Waals surface area contributed by atoms with Gasteiger partial charge in [0.25, 0.3) is 0 Å². The molecule has 36 heavy (non-hydrogen) atoms. The Bertz CT molecular complexity index is 1230. The highest BCUT2D eigenvalue weighted by Gasteiger charge is 2.39. The van der Waals surface area contributed by atoms with E-state index >= 15 is 0 Å². The van der Waals surface area contributed by atoms with Crippen molar-refractivity contribution in [1.29, 1.82) is 0 Å². The molecule has 0 saturated heterocycles. The number of carbonyl (C=O) groups excluding carboxylic acids is 1. The molecule has 0 fully saturated rings. The van der Waals surface area contributed by atoms with Gasteiger partial charge in [0.15, 0.2) is 0 Å². The van der Waals surface area contributed by atoms with Crippen LogP contribution in [-0.2, 0) is 10.2 Å². The zero-order valence-electron chi connectivity index (χ0n) is 23.7. The lowest BCUT2D eigenvalue weighted by molar-refractivity contribution is 0.0566. The number of aryl methyl sites for hydroxylation is 2. The summed E-state index contributed by atoms with van der Waals surface area (Å²) in [5.41, 5.74) is 5.76. The monoisotopic (exact) mass is 506 g/mol. The van der Waals surface area contributed by atoms with Crippen LogP contribution < -0.4 is 4.43 Å². The maximum atomic E-state index is 11.8. The molecule has 0 aliphatic heterocycles. The highest BCUT2D eigenvalue weighted by Crippen LogP contribution is 2.43. The average Bonchev–Trinajstić information content (AvgIpc) is 3.30. The van der Waals surface area contributed by atoms with Crippen LogP contribution >= 0.6 is 0 Å². The maximum absolute atomic E-state index is 11.8. The summed E-state index contributed by atoms with van der Waals surface area (Å²) < 4.78 is 17.2. The van der Waals surface area contributed by atoms with Crippen LogP contribution in [0.3, 0.4) is 0 Å². The van der Waals surface area contributed by atoms with Gasteiger partial charge >= 0.3 is 5.97 Å². The van der Waals surface area contributed by atoms with E-state index in [0.29, 0.717) is 5.76 Å². The van der Waals surface area contributed by atoms with E-state index in [1.807, 2.05) is 6.07 Å². The van der Waals surface area contributed by atoms with Gasteiger partial charge in [-0.2, -0.15) is 0 Å². The molecular formula is C31H42O4Si. The Morgan fingerprint density at radius 1 is 0.889 bits per heavy atom. The molecule has 3 aromatic rings. The van der Waals surface area contributed by atoms with Gasteiger partial charge in [0.05, 0.1) is 7.11 Å². The maximum Gasteiger partial charge on any atom is 0.373 e. The second kappa shape index (κ2) is 10.3. The van der Waals surface area contributed by atoms with Crippen LogP contribution in [0.4, 0.5) is 0 Å². The van der Waals surface area contributed by atoms with E-state index in [1.54, 1.807) is 6.07 Å². The average molecular weight is 507 g/mol. The van der Waals surface area contributed by atoms with Crippen molar-refractivity contribution in [3.63, 3.8) is 0 Å². The molecule has 0 atom stereocenters. The molecule has 0 aliphatic rings. The van der Waals surface area contributed by atoms with Gasteiger partial charge in [-0.25, -0.2) is 4.79 Å². The van der Waals surface area contributed by atoms with Crippen LogP contribution in [0, 0.1) is 13.8 Å². The Labute approximate surface area is 218 Å². The Balaban J connectivity index is 2.00. The van der Waals surface area contributed by atoms with Gasteiger partial charge in [-0.15, -0.1) is 0 Å². The lowest BCUT2D eigenvalue weighted by Gasteiger charge is -2.38. The molecule has 0 bridgehead atoms. The Kier molecular flexibility index (Phi) is 7.94. The van der Waals surface area contributed by atoms with Crippen LogP contribution in [0.25, 0.3) is 11.3 Å². The van der Waals surface area contributed by atoms with Crippen molar-refractivity contribution in [2.75, 3.05) is 7.11 Å². The van der Waals surface area contributed by atoms with Crippen molar-refractivity contribution < 1.29 is 18.4 Å². The highest BCUT2D eigenvalue weighted by atomic mass is 28.4. The minimum absolute atomic E-state index is 0.107. The lowest BCUT2D eigenvalue weighted by Crippen LogP contribution is -2.44. The van der Waals surface area contributed by atoms with Crippen molar-refractivity contribution in [2.24, 2.45) is 0 Å². The van der Waals surface area contributed by atoms with Gasteiger partial charge in [-0.05, 0) is 85.3 Å². The van der Waals surface area contributed by atoms with Gasteiger partial charge in [0.2, 0.25) is 14.1 Å². The normalized spacial score (nSPS) is 12.5. The Hall–Kier alpha value is -2.79. The van der Waals surface area contributed by atoms with Crippen LogP contribution in [0.2, 0.25) is 18.1 Å². The Morgan fingerprint density at radius 3 is 1.97 bits per heavy atom. The third-order valence-corrected chi connectivity index (χ3v) is 12.5. The number of benzene rings is 2. The van der Waals surface area contributed by atoms with Crippen molar-refractivity contribution >= 4 is 14.3 Å². The topological polar surface area (TPSA) is 48.7 Å². The quantitative estimate of drug-likeness (QED) is 0.226. The molecule has 0 radical (unpaired) electrons. The van der Waals surface area contributed by atoms with Crippen LogP contribution in [-0.4, -0.2) is 21.4 Å². The fourth-order valence-electron chi connectivity index (χ4n) is 4.65. The predicted octanol–water partition coefficient (Wildman–Crippen LogP) is 8.84. The number of furan rings is 1. The minimum atomic E-state index is -1.91. The van der Waals surface area contributed by atoms with E-state index in [1.165, 1.54) is 23.8 Å². The molecule has 0 amide bonds. The van der Waals surface area contributed by atoms with Crippen LogP contribution in [0.5, 0.6) is 5.75 Å². The fraction of sp³-hybridized carbons (Fsp3) is 0.452. The van der Waals surface area contributed by atoms with E-state index in [-0.39, 0.29) is 16.2 Å². The van der Waals surface area contributed by atoms with E-state index in [4.69, 9.17) is 13.6 Å². The third-order valence-electron chi connectivity index (χ3n) is 8.14. The van der Waals surface area contributed by atoms with Gasteiger partial charge in [0.1, 0.15) is 11.5 Å². The zero-order chi connectivity index (χ0) is 26.9. The van der Waals surface area contributed by atoms with Gasteiger partial charge in [0, 0.05) is 11.0 Å². The zero-order valence-corrected chi connectivity index (χ0v) is 24.7. The molecule has 0 aliphatic carbocycles. The standard InChI is InChI=1S/C31H42O4Si/c1-11-31(12-2,24-14-16-26(22(4)20-24)35-36(9,10)30(5,6)7)23-13-15-25(21(3)19-23)27-17-18-28(34-27)29(32)33-8/h13-20H,11-12H2,1-10H3. The summed E-state index contributed by atoms with van der Waals surface area (Å²) in [4.78, 5) is 11.8. The summed E-state index contributed by atoms with van der Waals surface area (Å²) in [5, 5.41) is 0.152. The van der Waals surface area contributed by atoms with Crippen molar-refractivity contribution in [2.45, 2.75) is 84.9 Å². The number of methoxy groups -OCH3 is 1. The molecule has 2 aromatic carbocycles. The SMILES string of the molecule is CCC(CC)(c1ccc(O[Si](C)(C)C(C)(C)C)c(C)c1)c1ccc(-c2ccc(C(=O)OC)o2)c(C)c1. The van der Waals surface area contributed by atoms with E-state index in [2.05, 4.69) is 98.0 Å². The summed E-state index contributed by atoms with van der Waals surface area (Å²) in [6.07, 6.45) is 1.97. The van der Waals surface area contributed by atoms with Gasteiger partial charge in [-0.1, -0.05) is 65.0 Å². The highest BCUT2D eigenvalue weighted by molar-refractivity contribution is 6.74. The predicted molar refractivity (Wildman–Crippen MR) is 151 cm³/mol. The number of esters is 1. The molecule has 3 rings (SSSR count). The van der Waals surface area contributed by atoms with Crippen molar-refractivity contribution in [1.82, 2.24) is 0 Å². The third kappa shape index (κ3) is 5.17. The lowest BCUT2D eigenvalue weighted by atomic mass is 9.70. The first-order valence-electron chi connectivity index (χ1n) is 12.9. The van der Waals surface area contributed by atoms with Crippen molar-refractivity contribution in [3.05, 3.63) is 76.5 Å². The second-order valence-electron chi connectivity index (χ2n) is 11.3. The fourth-order valence-corrected chi connectivity index (χ4v) is 5.74. The summed E-state index contributed by atoms with van der Waals surface area (Å²) in [6, 6.07) is 16.8. The first-order chi connectivity index (χ1) is 16.8. The summed E-state index contributed by atoms with van der Waals surface area (Å²) >= 11 is 0. The molecule has 0 N–H and O–H groups in total. The summed E-state index contributed by atoms with van der Waals surface area (Å²) in [7, 11) is -0.558. The molecule has 0 saturated carbocycles. The van der Waals surface area contributed by atoms with Crippen LogP contribution in [0.15, 0.2) is 52.9 Å². The number of hydrogen-bond acceptors (Lipinski definition) is 4. The molecular weight excluding hydrogens is 464 g/mol.